The number of anilines is 1. The molecular formula is C17H14ClF3N6OS. The summed E-state index contributed by atoms with van der Waals surface area (Å²) in [6.45, 7) is 3.95. The van der Waals surface area contributed by atoms with Gasteiger partial charge in [-0.15, -0.1) is 5.10 Å². The van der Waals surface area contributed by atoms with Crippen molar-refractivity contribution in [3.05, 3.63) is 52.2 Å². The minimum absolute atomic E-state index is 0.0930. The number of rotatable bonds is 5. The summed E-state index contributed by atoms with van der Waals surface area (Å²) in [5.74, 6) is -0.762. The minimum Gasteiger partial charge on any atom is -0.309 e. The van der Waals surface area contributed by atoms with E-state index >= 15 is 0 Å². The zero-order chi connectivity index (χ0) is 21.2. The van der Waals surface area contributed by atoms with Gasteiger partial charge in [0.2, 0.25) is 11.1 Å². The van der Waals surface area contributed by atoms with Crippen LogP contribution in [0.2, 0.25) is 5.02 Å². The van der Waals surface area contributed by atoms with E-state index < -0.39 is 17.6 Å². The highest BCUT2D eigenvalue weighted by molar-refractivity contribution is 7.99. The molecule has 0 radical (unpaired) electrons. The normalized spacial score (nSPS) is 11.5. The summed E-state index contributed by atoms with van der Waals surface area (Å²) in [4.78, 5) is 15.7. The lowest BCUT2D eigenvalue weighted by Gasteiger charge is -2.10. The molecule has 0 aliphatic carbocycles. The molecule has 0 aliphatic heterocycles. The van der Waals surface area contributed by atoms with Crippen LogP contribution in [0.5, 0.6) is 0 Å². The van der Waals surface area contributed by atoms with E-state index in [1.54, 1.807) is 0 Å². The predicted molar refractivity (Wildman–Crippen MR) is 102 cm³/mol. The largest absolute Gasteiger partial charge is 0.417 e. The van der Waals surface area contributed by atoms with Gasteiger partial charge in [0.15, 0.2) is 5.82 Å². The van der Waals surface area contributed by atoms with Gasteiger partial charge < -0.3 is 5.32 Å². The highest BCUT2D eigenvalue weighted by atomic mass is 35.5. The second-order valence-corrected chi connectivity index (χ2v) is 7.38. The van der Waals surface area contributed by atoms with Gasteiger partial charge in [0.25, 0.3) is 0 Å². The van der Waals surface area contributed by atoms with Crippen LogP contribution in [-0.4, -0.2) is 36.9 Å². The number of thioether (sulfide) groups is 1. The number of benzene rings is 1. The first-order valence-corrected chi connectivity index (χ1v) is 9.53. The summed E-state index contributed by atoms with van der Waals surface area (Å²) in [7, 11) is 0. The molecule has 3 aromatic rings. The SMILES string of the molecule is Cc1ccc(-n2nnnc2SCC(=O)Nc2ncc(C(F)(F)F)cc2Cl)cc1C. The standard InChI is InChI=1S/C17H14ClF3N6OS/c1-9-3-4-12(5-10(9)2)27-16(24-25-26-27)29-8-14(28)23-15-13(18)6-11(7-22-15)17(19,20)21/h3-7H,8H2,1-2H3,(H,22,23,28). The molecular weight excluding hydrogens is 429 g/mol. The Labute approximate surface area is 172 Å². The van der Waals surface area contributed by atoms with Crippen molar-refractivity contribution < 1.29 is 18.0 Å². The number of hydrogen-bond donors (Lipinski definition) is 1. The topological polar surface area (TPSA) is 85.6 Å². The third kappa shape index (κ3) is 5.04. The van der Waals surface area contributed by atoms with E-state index in [0.717, 1.165) is 28.6 Å². The lowest BCUT2D eigenvalue weighted by molar-refractivity contribution is -0.137. The number of aryl methyl sites for hydroxylation is 2. The molecule has 152 valence electrons. The molecule has 0 fully saturated rings. The molecule has 0 atom stereocenters. The van der Waals surface area contributed by atoms with Gasteiger partial charge in [-0.2, -0.15) is 17.9 Å². The van der Waals surface area contributed by atoms with Gasteiger partial charge in [-0.3, -0.25) is 4.79 Å². The molecule has 12 heteroatoms. The molecule has 3 rings (SSSR count). The number of amides is 1. The molecule has 2 aromatic heterocycles. The quantitative estimate of drug-likeness (QED) is 0.599. The summed E-state index contributed by atoms with van der Waals surface area (Å²) in [5.41, 5.74) is 1.93. The van der Waals surface area contributed by atoms with E-state index in [9.17, 15) is 18.0 Å². The predicted octanol–water partition coefficient (Wildman–Crippen LogP) is 4.08. The van der Waals surface area contributed by atoms with Gasteiger partial charge in [-0.05, 0) is 53.6 Å². The third-order valence-electron chi connectivity index (χ3n) is 3.93. The molecule has 1 N–H and O–H groups in total. The fourth-order valence-electron chi connectivity index (χ4n) is 2.27. The van der Waals surface area contributed by atoms with Gasteiger partial charge in [-0.25, -0.2) is 4.98 Å². The van der Waals surface area contributed by atoms with E-state index in [4.69, 9.17) is 11.6 Å². The van der Waals surface area contributed by atoms with Crippen molar-refractivity contribution in [2.45, 2.75) is 25.2 Å². The molecule has 2 heterocycles. The summed E-state index contributed by atoms with van der Waals surface area (Å²) >= 11 is 6.85. The first-order valence-electron chi connectivity index (χ1n) is 8.16. The van der Waals surface area contributed by atoms with Crippen molar-refractivity contribution in [1.82, 2.24) is 25.2 Å². The Morgan fingerprint density at radius 1 is 1.24 bits per heavy atom. The third-order valence-corrected chi connectivity index (χ3v) is 5.14. The van der Waals surface area contributed by atoms with Gasteiger partial charge in [0.05, 0.1) is 22.0 Å². The summed E-state index contributed by atoms with van der Waals surface area (Å²) in [6, 6.07) is 6.42. The number of tetrazole rings is 1. The van der Waals surface area contributed by atoms with Crippen molar-refractivity contribution >= 4 is 35.1 Å². The van der Waals surface area contributed by atoms with Crippen LogP contribution in [0.4, 0.5) is 19.0 Å². The number of pyridine rings is 1. The van der Waals surface area contributed by atoms with Crippen molar-refractivity contribution in [2.75, 3.05) is 11.1 Å². The average Bonchev–Trinajstić information content (AvgIpc) is 3.11. The Morgan fingerprint density at radius 3 is 2.66 bits per heavy atom. The summed E-state index contributed by atoms with van der Waals surface area (Å²) in [5, 5.41) is 13.9. The molecule has 0 saturated carbocycles. The molecule has 1 amide bonds. The molecule has 0 saturated heterocycles. The summed E-state index contributed by atoms with van der Waals surface area (Å²) < 4.78 is 39.5. The first-order chi connectivity index (χ1) is 13.6. The highest BCUT2D eigenvalue weighted by Crippen LogP contribution is 2.32. The number of nitrogens with zero attached hydrogens (tertiary/aromatic N) is 5. The molecule has 0 bridgehead atoms. The van der Waals surface area contributed by atoms with Crippen LogP contribution >= 0.6 is 23.4 Å². The zero-order valence-electron chi connectivity index (χ0n) is 15.2. The average molecular weight is 443 g/mol. The van der Waals surface area contributed by atoms with Crippen LogP contribution in [0, 0.1) is 13.8 Å². The maximum Gasteiger partial charge on any atom is 0.417 e. The zero-order valence-corrected chi connectivity index (χ0v) is 16.7. The molecule has 0 unspecified atom stereocenters. The fourth-order valence-corrected chi connectivity index (χ4v) is 3.18. The van der Waals surface area contributed by atoms with Crippen LogP contribution in [0.1, 0.15) is 16.7 Å². The van der Waals surface area contributed by atoms with Crippen molar-refractivity contribution in [3.8, 4) is 5.69 Å². The van der Waals surface area contributed by atoms with Crippen molar-refractivity contribution in [1.29, 1.82) is 0 Å². The van der Waals surface area contributed by atoms with Gasteiger partial charge in [0, 0.05) is 6.20 Å². The van der Waals surface area contributed by atoms with Crippen molar-refractivity contribution in [2.24, 2.45) is 0 Å². The molecule has 7 nitrogen and oxygen atoms in total. The lowest BCUT2D eigenvalue weighted by Crippen LogP contribution is -2.16. The van der Waals surface area contributed by atoms with E-state index in [-0.39, 0.29) is 16.6 Å². The lowest BCUT2D eigenvalue weighted by atomic mass is 10.1. The summed E-state index contributed by atoms with van der Waals surface area (Å²) in [6.07, 6.45) is -3.96. The number of hydrogen-bond acceptors (Lipinski definition) is 6. The van der Waals surface area contributed by atoms with Crippen LogP contribution in [0.25, 0.3) is 5.69 Å². The smallest absolute Gasteiger partial charge is 0.309 e. The second-order valence-electron chi connectivity index (χ2n) is 6.03. The van der Waals surface area contributed by atoms with Crippen molar-refractivity contribution in [3.63, 3.8) is 0 Å². The molecule has 29 heavy (non-hydrogen) atoms. The molecule has 0 aliphatic rings. The van der Waals surface area contributed by atoms with Crippen LogP contribution in [0.15, 0.2) is 35.6 Å². The number of nitrogens with one attached hydrogen (secondary N) is 1. The van der Waals surface area contributed by atoms with Crippen LogP contribution < -0.4 is 5.32 Å². The van der Waals surface area contributed by atoms with E-state index in [2.05, 4.69) is 25.8 Å². The fraction of sp³-hybridized carbons (Fsp3) is 0.235. The Morgan fingerprint density at radius 2 is 2.00 bits per heavy atom. The van der Waals surface area contributed by atoms with Gasteiger partial charge >= 0.3 is 6.18 Å². The number of carbonyl (C=O) groups excluding carboxylic acids is 1. The number of aromatic nitrogens is 5. The maximum atomic E-state index is 12.7. The van der Waals surface area contributed by atoms with E-state index in [1.165, 1.54) is 4.68 Å². The molecule has 0 spiro atoms. The van der Waals surface area contributed by atoms with Crippen LogP contribution in [-0.2, 0) is 11.0 Å². The maximum absolute atomic E-state index is 12.7. The Kier molecular flexibility index (Phi) is 6.08. The van der Waals surface area contributed by atoms with Gasteiger partial charge in [-0.1, -0.05) is 29.4 Å². The van der Waals surface area contributed by atoms with E-state index in [1.807, 2.05) is 32.0 Å². The Balaban J connectivity index is 1.66. The monoisotopic (exact) mass is 442 g/mol. The number of halogens is 4. The number of alkyl halides is 3. The van der Waals surface area contributed by atoms with E-state index in [0.29, 0.717) is 17.4 Å². The second kappa shape index (κ2) is 8.37. The highest BCUT2D eigenvalue weighted by Gasteiger charge is 2.31. The molecule has 1 aromatic carbocycles. The van der Waals surface area contributed by atoms with Gasteiger partial charge in [0.1, 0.15) is 0 Å². The Bertz CT molecular complexity index is 1060. The van der Waals surface area contributed by atoms with Crippen LogP contribution in [0.3, 0.4) is 0 Å². The minimum atomic E-state index is -4.57. The Hall–Kier alpha value is -2.66. The number of carbonyl (C=O) groups is 1. The first kappa shape index (κ1) is 21.1.